The van der Waals surface area contributed by atoms with Gasteiger partial charge in [-0.1, -0.05) is 18.2 Å². The zero-order valence-electron chi connectivity index (χ0n) is 18.8. The van der Waals surface area contributed by atoms with Crippen LogP contribution in [0.15, 0.2) is 60.8 Å². The topological polar surface area (TPSA) is 103 Å². The van der Waals surface area contributed by atoms with Gasteiger partial charge in [0, 0.05) is 47.9 Å². The minimum Gasteiger partial charge on any atom is -0.489 e. The number of fused-ring (bicyclic) bond motifs is 1. The molecule has 7 heteroatoms. The molecule has 0 aliphatic carbocycles. The highest BCUT2D eigenvalue weighted by Gasteiger charge is 2.18. The van der Waals surface area contributed by atoms with Gasteiger partial charge in [0.25, 0.3) is 0 Å². The molecule has 172 valence electrons. The van der Waals surface area contributed by atoms with E-state index in [4.69, 9.17) is 14.6 Å². The molecule has 1 saturated heterocycles. The number of aromatic amines is 1. The molecule has 3 N–H and O–H groups in total. The third-order valence-corrected chi connectivity index (χ3v) is 6.02. The number of rotatable bonds is 7. The summed E-state index contributed by atoms with van der Waals surface area (Å²) in [6.45, 7) is 1.95. The van der Waals surface area contributed by atoms with E-state index in [0.717, 1.165) is 51.9 Å². The molecule has 0 saturated carbocycles. The number of nitriles is 1. The minimum absolute atomic E-state index is 0.0769. The Hall–Kier alpha value is -3.86. The van der Waals surface area contributed by atoms with E-state index >= 15 is 0 Å². The number of pyridine rings is 1. The van der Waals surface area contributed by atoms with Crippen molar-refractivity contribution in [2.75, 3.05) is 31.7 Å². The molecule has 5 rings (SSSR count). The van der Waals surface area contributed by atoms with E-state index in [-0.39, 0.29) is 12.7 Å². The number of nitrogens with zero attached hydrogens (tertiary/aromatic N) is 2. The molecule has 4 aromatic rings. The van der Waals surface area contributed by atoms with Crippen molar-refractivity contribution in [3.63, 3.8) is 0 Å². The second-order valence-electron chi connectivity index (χ2n) is 8.29. The van der Waals surface area contributed by atoms with Crippen LogP contribution in [0, 0.1) is 11.3 Å². The van der Waals surface area contributed by atoms with Crippen LogP contribution in [-0.4, -0.2) is 47.5 Å². The Labute approximate surface area is 198 Å². The molecule has 2 aromatic heterocycles. The van der Waals surface area contributed by atoms with Crippen LogP contribution in [-0.2, 0) is 4.74 Å². The lowest BCUT2D eigenvalue weighted by atomic mass is 10.0. The third-order valence-electron chi connectivity index (χ3n) is 6.02. The molecule has 34 heavy (non-hydrogen) atoms. The maximum Gasteiger partial charge on any atom is 0.138 e. The summed E-state index contributed by atoms with van der Waals surface area (Å²) in [6.07, 6.45) is 3.52. The monoisotopic (exact) mass is 454 g/mol. The Bertz CT molecular complexity index is 1340. The Morgan fingerprint density at radius 2 is 2.00 bits per heavy atom. The van der Waals surface area contributed by atoms with Crippen LogP contribution in [0.1, 0.15) is 18.4 Å². The van der Waals surface area contributed by atoms with Crippen LogP contribution < -0.4 is 10.1 Å². The number of ether oxygens (including phenoxy) is 2. The molecule has 0 spiro atoms. The van der Waals surface area contributed by atoms with E-state index in [1.54, 1.807) is 6.20 Å². The molecule has 0 radical (unpaired) electrons. The standard InChI is InChI=1S/C27H26N4O3/c28-17-20-14-18(4-5-26(20)34-22-7-12-33-13-8-22)23-6-9-30-27-24(23)16-25(31-27)19-2-1-3-21(15-19)29-10-11-32/h1-6,9,14-16,22,29,32H,7-8,10-13H2,(H,30,31). The summed E-state index contributed by atoms with van der Waals surface area (Å²) in [5.41, 5.74) is 6.14. The highest BCUT2D eigenvalue weighted by atomic mass is 16.5. The molecule has 0 bridgehead atoms. The Morgan fingerprint density at radius 3 is 2.82 bits per heavy atom. The number of hydrogen-bond donors (Lipinski definition) is 3. The van der Waals surface area contributed by atoms with Gasteiger partial charge in [0.15, 0.2) is 0 Å². The van der Waals surface area contributed by atoms with Gasteiger partial charge in [0.05, 0.1) is 25.4 Å². The van der Waals surface area contributed by atoms with Gasteiger partial charge in [-0.2, -0.15) is 5.26 Å². The molecule has 0 unspecified atom stereocenters. The van der Waals surface area contributed by atoms with Gasteiger partial charge in [0.1, 0.15) is 23.6 Å². The van der Waals surface area contributed by atoms with Gasteiger partial charge in [-0.3, -0.25) is 0 Å². The van der Waals surface area contributed by atoms with Crippen LogP contribution in [0.5, 0.6) is 5.75 Å². The third kappa shape index (κ3) is 4.60. The fourth-order valence-electron chi connectivity index (χ4n) is 4.29. The van der Waals surface area contributed by atoms with Gasteiger partial charge in [-0.25, -0.2) is 4.98 Å². The molecule has 0 amide bonds. The lowest BCUT2D eigenvalue weighted by Crippen LogP contribution is -2.26. The molecule has 2 aromatic carbocycles. The van der Waals surface area contributed by atoms with Gasteiger partial charge in [-0.05, 0) is 47.5 Å². The van der Waals surface area contributed by atoms with Gasteiger partial charge >= 0.3 is 0 Å². The number of aliphatic hydroxyl groups excluding tert-OH is 1. The summed E-state index contributed by atoms with van der Waals surface area (Å²) in [7, 11) is 0. The predicted molar refractivity (Wildman–Crippen MR) is 132 cm³/mol. The van der Waals surface area contributed by atoms with Crippen LogP contribution in [0.2, 0.25) is 0 Å². The molecule has 7 nitrogen and oxygen atoms in total. The molecule has 1 fully saturated rings. The Balaban J connectivity index is 1.47. The first-order chi connectivity index (χ1) is 16.7. The quantitative estimate of drug-likeness (QED) is 0.373. The zero-order valence-corrected chi connectivity index (χ0v) is 18.8. The molecule has 3 heterocycles. The van der Waals surface area contributed by atoms with E-state index in [1.165, 1.54) is 0 Å². The van der Waals surface area contributed by atoms with Crippen molar-refractivity contribution in [1.29, 1.82) is 5.26 Å². The fourth-order valence-corrected chi connectivity index (χ4v) is 4.29. The van der Waals surface area contributed by atoms with Gasteiger partial charge in [0.2, 0.25) is 0 Å². The Kier molecular flexibility index (Phi) is 6.43. The number of aliphatic hydroxyl groups is 1. The second-order valence-corrected chi connectivity index (χ2v) is 8.29. The first-order valence-corrected chi connectivity index (χ1v) is 11.5. The van der Waals surface area contributed by atoms with E-state index in [2.05, 4.69) is 27.4 Å². The SMILES string of the molecule is N#Cc1cc(-c2ccnc3[nH]c(-c4cccc(NCCO)c4)cc23)ccc1OC1CCOCC1. The molecular weight excluding hydrogens is 428 g/mol. The van der Waals surface area contributed by atoms with E-state index in [9.17, 15) is 5.26 Å². The number of hydrogen-bond acceptors (Lipinski definition) is 6. The minimum atomic E-state index is 0.0769. The van der Waals surface area contributed by atoms with Crippen molar-refractivity contribution in [2.45, 2.75) is 18.9 Å². The molecular formula is C27H26N4O3. The molecule has 1 aliphatic heterocycles. The summed E-state index contributed by atoms with van der Waals surface area (Å²) < 4.78 is 11.5. The summed E-state index contributed by atoms with van der Waals surface area (Å²) in [5, 5.41) is 23.0. The maximum absolute atomic E-state index is 9.78. The lowest BCUT2D eigenvalue weighted by Gasteiger charge is -2.23. The predicted octanol–water partition coefficient (Wildman–Crippen LogP) is 4.73. The van der Waals surface area contributed by atoms with Crippen molar-refractivity contribution < 1.29 is 14.6 Å². The highest BCUT2D eigenvalue weighted by Crippen LogP contribution is 2.34. The number of H-pyrrole nitrogens is 1. The summed E-state index contributed by atoms with van der Waals surface area (Å²) in [4.78, 5) is 7.93. The van der Waals surface area contributed by atoms with E-state index in [1.807, 2.05) is 48.5 Å². The average molecular weight is 455 g/mol. The largest absolute Gasteiger partial charge is 0.489 e. The lowest BCUT2D eigenvalue weighted by molar-refractivity contribution is 0.0254. The number of anilines is 1. The number of nitrogens with one attached hydrogen (secondary N) is 2. The highest BCUT2D eigenvalue weighted by molar-refractivity contribution is 5.96. The van der Waals surface area contributed by atoms with Crippen LogP contribution in [0.3, 0.4) is 0 Å². The number of aromatic nitrogens is 2. The number of benzene rings is 2. The summed E-state index contributed by atoms with van der Waals surface area (Å²) >= 11 is 0. The van der Waals surface area contributed by atoms with Crippen molar-refractivity contribution in [3.8, 4) is 34.2 Å². The van der Waals surface area contributed by atoms with Gasteiger partial charge < -0.3 is 24.9 Å². The van der Waals surface area contributed by atoms with Crippen LogP contribution in [0.25, 0.3) is 33.4 Å². The molecule has 1 aliphatic rings. The summed E-state index contributed by atoms with van der Waals surface area (Å²) in [5.74, 6) is 0.616. The van der Waals surface area contributed by atoms with Crippen molar-refractivity contribution >= 4 is 16.7 Å². The second kappa shape index (κ2) is 9.96. The Morgan fingerprint density at radius 1 is 1.12 bits per heavy atom. The van der Waals surface area contributed by atoms with Crippen LogP contribution >= 0.6 is 0 Å². The maximum atomic E-state index is 9.78. The zero-order chi connectivity index (χ0) is 23.3. The van der Waals surface area contributed by atoms with Crippen LogP contribution in [0.4, 0.5) is 5.69 Å². The van der Waals surface area contributed by atoms with Crippen molar-refractivity contribution in [2.24, 2.45) is 0 Å². The first-order valence-electron chi connectivity index (χ1n) is 11.5. The van der Waals surface area contributed by atoms with Crippen molar-refractivity contribution in [1.82, 2.24) is 9.97 Å². The smallest absolute Gasteiger partial charge is 0.138 e. The first kappa shape index (κ1) is 22.0. The van der Waals surface area contributed by atoms with Gasteiger partial charge in [-0.15, -0.1) is 0 Å². The van der Waals surface area contributed by atoms with E-state index in [0.29, 0.717) is 31.1 Å². The fraction of sp³-hybridized carbons (Fsp3) is 0.259. The molecule has 0 atom stereocenters. The van der Waals surface area contributed by atoms with E-state index < -0.39 is 0 Å². The average Bonchev–Trinajstić information content (AvgIpc) is 3.33. The normalized spacial score (nSPS) is 14.1. The summed E-state index contributed by atoms with van der Waals surface area (Å²) in [6, 6.07) is 20.1. The van der Waals surface area contributed by atoms with Crippen molar-refractivity contribution in [3.05, 3.63) is 66.4 Å².